The van der Waals surface area contributed by atoms with Crippen molar-refractivity contribution in [3.8, 4) is 0 Å². The number of benzene rings is 2. The summed E-state index contributed by atoms with van der Waals surface area (Å²) in [6.45, 7) is 0. The first-order valence-corrected chi connectivity index (χ1v) is 10.2. The second-order valence-electron chi connectivity index (χ2n) is 7.84. The van der Waals surface area contributed by atoms with Crippen molar-refractivity contribution in [3.05, 3.63) is 112 Å². The fraction of sp³-hybridized carbons (Fsp3) is 0.160. The maximum absolute atomic E-state index is 12.7. The molecule has 1 aliphatic heterocycles. The van der Waals surface area contributed by atoms with Gasteiger partial charge in [0.05, 0.1) is 17.2 Å². The number of furan rings is 1. The van der Waals surface area contributed by atoms with E-state index in [1.807, 2.05) is 24.3 Å². The van der Waals surface area contributed by atoms with Crippen molar-refractivity contribution in [2.45, 2.75) is 18.4 Å². The van der Waals surface area contributed by atoms with Crippen LogP contribution in [-0.2, 0) is 0 Å². The van der Waals surface area contributed by atoms with Crippen LogP contribution in [-0.4, -0.2) is 10.7 Å². The smallest absolute Gasteiger partial charge is 0.269 e. The molecule has 154 valence electrons. The maximum atomic E-state index is 12.7. The van der Waals surface area contributed by atoms with Crippen molar-refractivity contribution >= 4 is 23.2 Å². The predicted molar refractivity (Wildman–Crippen MR) is 118 cm³/mol. The molecule has 5 rings (SSSR count). The summed E-state index contributed by atoms with van der Waals surface area (Å²) >= 11 is 0. The number of hydrogen-bond acceptors (Lipinski definition) is 5. The standard InChI is InChI=1S/C25H20N2O4/c28-24(12-10-19-6-3-13-31-19)16-9-11-23-22(15-16)20-7-2-8-21(20)25(26-23)17-4-1-5-18(14-17)27(29)30/h1-7,9-15,20-21,25-26H,8H2/b12-10+/t20-,21+,25+/m1/s1. The Hall–Kier alpha value is -3.93. The zero-order valence-corrected chi connectivity index (χ0v) is 16.6. The normalized spacial score (nSPS) is 21.5. The maximum Gasteiger partial charge on any atom is 0.269 e. The van der Waals surface area contributed by atoms with Gasteiger partial charge in [0.15, 0.2) is 5.78 Å². The number of ketones is 1. The molecule has 2 aliphatic rings. The van der Waals surface area contributed by atoms with Gasteiger partial charge >= 0.3 is 0 Å². The molecule has 2 aromatic carbocycles. The second-order valence-corrected chi connectivity index (χ2v) is 7.84. The summed E-state index contributed by atoms with van der Waals surface area (Å²) in [6, 6.07) is 16.1. The van der Waals surface area contributed by atoms with Gasteiger partial charge in [-0.15, -0.1) is 0 Å². The summed E-state index contributed by atoms with van der Waals surface area (Å²) in [6.07, 6.45) is 9.96. The van der Waals surface area contributed by atoms with Crippen LogP contribution in [0.2, 0.25) is 0 Å². The highest BCUT2D eigenvalue weighted by Crippen LogP contribution is 2.50. The van der Waals surface area contributed by atoms with Gasteiger partial charge < -0.3 is 9.73 Å². The fourth-order valence-corrected chi connectivity index (χ4v) is 4.55. The molecular formula is C25H20N2O4. The molecule has 0 saturated heterocycles. The molecule has 6 nitrogen and oxygen atoms in total. The summed E-state index contributed by atoms with van der Waals surface area (Å²) in [7, 11) is 0. The van der Waals surface area contributed by atoms with Crippen LogP contribution in [0.25, 0.3) is 6.08 Å². The van der Waals surface area contributed by atoms with Crippen LogP contribution < -0.4 is 5.32 Å². The van der Waals surface area contributed by atoms with E-state index >= 15 is 0 Å². The zero-order valence-electron chi connectivity index (χ0n) is 16.6. The van der Waals surface area contributed by atoms with E-state index in [-0.39, 0.29) is 34.3 Å². The lowest BCUT2D eigenvalue weighted by Gasteiger charge is -2.37. The minimum Gasteiger partial charge on any atom is -0.465 e. The topological polar surface area (TPSA) is 85.4 Å². The number of carbonyl (C=O) groups is 1. The Bertz CT molecular complexity index is 1210. The van der Waals surface area contributed by atoms with Crippen molar-refractivity contribution < 1.29 is 14.1 Å². The molecule has 1 aliphatic carbocycles. The SMILES string of the molecule is O=C(/C=C/c1ccco1)c1ccc2c(c1)[C@@H]1C=CC[C@@H]1[C@H](c1cccc([N+](=O)[O-])c1)N2. The largest absolute Gasteiger partial charge is 0.465 e. The number of fused-ring (bicyclic) bond motifs is 3. The summed E-state index contributed by atoms with van der Waals surface area (Å²) in [4.78, 5) is 23.5. The van der Waals surface area contributed by atoms with E-state index in [1.165, 1.54) is 12.1 Å². The molecule has 0 saturated carbocycles. The molecule has 0 unspecified atom stereocenters. The molecule has 2 heterocycles. The molecule has 3 aromatic rings. The third kappa shape index (κ3) is 3.57. The van der Waals surface area contributed by atoms with Crippen molar-refractivity contribution in [1.29, 1.82) is 0 Å². The highest BCUT2D eigenvalue weighted by molar-refractivity contribution is 6.07. The lowest BCUT2D eigenvalue weighted by molar-refractivity contribution is -0.384. The number of allylic oxidation sites excluding steroid dienone is 3. The van der Waals surface area contributed by atoms with Crippen LogP contribution in [0.4, 0.5) is 11.4 Å². The highest BCUT2D eigenvalue weighted by Gasteiger charge is 2.38. The lowest BCUT2D eigenvalue weighted by Crippen LogP contribution is -2.29. The van der Waals surface area contributed by atoms with Gasteiger partial charge in [-0.3, -0.25) is 14.9 Å². The minimum atomic E-state index is -0.362. The number of anilines is 1. The second kappa shape index (κ2) is 7.72. The summed E-state index contributed by atoms with van der Waals surface area (Å²) in [5, 5.41) is 14.8. The summed E-state index contributed by atoms with van der Waals surface area (Å²) in [5.74, 6) is 0.936. The van der Waals surface area contributed by atoms with Gasteiger partial charge in [0.25, 0.3) is 5.69 Å². The Morgan fingerprint density at radius 1 is 1.16 bits per heavy atom. The van der Waals surface area contributed by atoms with Crippen LogP contribution in [0, 0.1) is 16.0 Å². The molecule has 6 heteroatoms. The lowest BCUT2D eigenvalue weighted by atomic mass is 9.76. The Morgan fingerprint density at radius 2 is 2.06 bits per heavy atom. The van der Waals surface area contributed by atoms with Gasteiger partial charge in [0.2, 0.25) is 0 Å². The number of nitro groups is 1. The molecule has 0 bridgehead atoms. The zero-order chi connectivity index (χ0) is 21.4. The van der Waals surface area contributed by atoms with Crippen molar-refractivity contribution in [2.75, 3.05) is 5.32 Å². The average molecular weight is 412 g/mol. The van der Waals surface area contributed by atoms with E-state index in [0.717, 1.165) is 23.2 Å². The molecular weight excluding hydrogens is 392 g/mol. The minimum absolute atomic E-state index is 0.0344. The first kappa shape index (κ1) is 19.1. The number of rotatable bonds is 5. The van der Waals surface area contributed by atoms with Gasteiger partial charge in [-0.2, -0.15) is 0 Å². The molecule has 0 amide bonds. The van der Waals surface area contributed by atoms with Crippen molar-refractivity contribution in [2.24, 2.45) is 5.92 Å². The van der Waals surface area contributed by atoms with E-state index in [0.29, 0.717) is 11.3 Å². The number of nitrogens with zero attached hydrogens (tertiary/aromatic N) is 1. The third-order valence-electron chi connectivity index (χ3n) is 6.03. The first-order chi connectivity index (χ1) is 15.1. The highest BCUT2D eigenvalue weighted by atomic mass is 16.6. The third-order valence-corrected chi connectivity index (χ3v) is 6.03. The van der Waals surface area contributed by atoms with E-state index < -0.39 is 0 Å². The van der Waals surface area contributed by atoms with Crippen molar-refractivity contribution in [1.82, 2.24) is 0 Å². The Morgan fingerprint density at radius 3 is 2.87 bits per heavy atom. The van der Waals surface area contributed by atoms with E-state index in [2.05, 4.69) is 17.5 Å². The molecule has 1 N–H and O–H groups in total. The monoisotopic (exact) mass is 412 g/mol. The molecule has 3 atom stereocenters. The Kier molecular flexibility index (Phi) is 4.75. The van der Waals surface area contributed by atoms with Gasteiger partial charge in [0.1, 0.15) is 5.76 Å². The number of nitro benzene ring substituents is 1. The fourth-order valence-electron chi connectivity index (χ4n) is 4.55. The van der Waals surface area contributed by atoms with Gasteiger partial charge in [0, 0.05) is 29.3 Å². The van der Waals surface area contributed by atoms with Crippen molar-refractivity contribution in [3.63, 3.8) is 0 Å². The van der Waals surface area contributed by atoms with Crippen LogP contribution in [0.5, 0.6) is 0 Å². The van der Waals surface area contributed by atoms with Gasteiger partial charge in [-0.05, 0) is 65.9 Å². The first-order valence-electron chi connectivity index (χ1n) is 10.2. The molecule has 31 heavy (non-hydrogen) atoms. The summed E-state index contributed by atoms with van der Waals surface area (Å²) < 4.78 is 5.24. The van der Waals surface area contributed by atoms with E-state index in [4.69, 9.17) is 4.42 Å². The quantitative estimate of drug-likeness (QED) is 0.185. The molecule has 0 radical (unpaired) electrons. The van der Waals surface area contributed by atoms with Crippen LogP contribution >= 0.6 is 0 Å². The Balaban J connectivity index is 1.46. The summed E-state index contributed by atoms with van der Waals surface area (Å²) in [5.41, 5.74) is 3.65. The average Bonchev–Trinajstić information content (AvgIpc) is 3.49. The van der Waals surface area contributed by atoms with Crippen LogP contribution in [0.3, 0.4) is 0 Å². The number of hydrogen-bond donors (Lipinski definition) is 1. The van der Waals surface area contributed by atoms with Gasteiger partial charge in [-0.1, -0.05) is 24.3 Å². The van der Waals surface area contributed by atoms with E-state index in [9.17, 15) is 14.9 Å². The molecule has 1 aromatic heterocycles. The molecule has 0 spiro atoms. The van der Waals surface area contributed by atoms with Crippen LogP contribution in [0.15, 0.2) is 83.5 Å². The Labute approximate surface area is 179 Å². The number of non-ortho nitro benzene ring substituents is 1. The van der Waals surface area contributed by atoms with Crippen LogP contribution in [0.1, 0.15) is 45.6 Å². The van der Waals surface area contributed by atoms with E-state index in [1.54, 1.807) is 36.6 Å². The number of nitrogens with one attached hydrogen (secondary N) is 1. The van der Waals surface area contributed by atoms with Gasteiger partial charge in [-0.25, -0.2) is 0 Å². The molecule has 0 fully saturated rings. The predicted octanol–water partition coefficient (Wildman–Crippen LogP) is 5.91. The number of carbonyl (C=O) groups excluding carboxylic acids is 1.